The van der Waals surface area contributed by atoms with Crippen molar-refractivity contribution in [2.45, 2.75) is 19.1 Å². The molecular formula is C13H15F3N4S. The van der Waals surface area contributed by atoms with Gasteiger partial charge in [-0.3, -0.25) is 9.58 Å². The summed E-state index contributed by atoms with van der Waals surface area (Å²) in [6.07, 6.45) is -2.88. The zero-order chi connectivity index (χ0) is 15.0. The highest BCUT2D eigenvalue weighted by atomic mass is 32.1. The highest BCUT2D eigenvalue weighted by Gasteiger charge is 2.37. The second-order valence-corrected chi connectivity index (χ2v) is 6.26. The third-order valence-corrected chi connectivity index (χ3v) is 4.34. The molecular weight excluding hydrogens is 301 g/mol. The molecule has 0 aromatic carbocycles. The van der Waals surface area contributed by atoms with Crippen molar-refractivity contribution in [2.75, 3.05) is 13.1 Å². The number of nitrogens with zero attached hydrogens (tertiary/aromatic N) is 4. The lowest BCUT2D eigenvalue weighted by Crippen LogP contribution is -2.47. The van der Waals surface area contributed by atoms with Gasteiger partial charge in [0, 0.05) is 44.7 Å². The molecule has 0 aliphatic carbocycles. The van der Waals surface area contributed by atoms with E-state index in [2.05, 4.69) is 10.1 Å². The molecule has 2 aromatic rings. The number of likely N-dealkylation sites (tertiary alicyclic amines) is 1. The van der Waals surface area contributed by atoms with Crippen LogP contribution in [0.5, 0.6) is 0 Å². The molecule has 0 radical (unpaired) electrons. The van der Waals surface area contributed by atoms with Crippen molar-refractivity contribution in [1.29, 1.82) is 0 Å². The lowest BCUT2D eigenvalue weighted by molar-refractivity contribution is -0.156. The van der Waals surface area contributed by atoms with Gasteiger partial charge in [-0.15, -0.1) is 11.3 Å². The van der Waals surface area contributed by atoms with Crippen LogP contribution in [-0.2, 0) is 13.6 Å². The molecule has 0 atom stereocenters. The summed E-state index contributed by atoms with van der Waals surface area (Å²) in [5.74, 6) is -0.265. The number of aromatic nitrogens is 3. The lowest BCUT2D eigenvalue weighted by Gasteiger charge is -2.39. The Bertz CT molecular complexity index is 613. The van der Waals surface area contributed by atoms with Crippen LogP contribution in [0.3, 0.4) is 0 Å². The zero-order valence-electron chi connectivity index (χ0n) is 11.5. The summed E-state index contributed by atoms with van der Waals surface area (Å²) in [5, 5.41) is 7.08. The molecule has 0 N–H and O–H groups in total. The molecule has 2 aromatic heterocycles. The molecule has 1 aliphatic rings. The van der Waals surface area contributed by atoms with Crippen molar-refractivity contribution in [3.8, 4) is 10.7 Å². The van der Waals surface area contributed by atoms with E-state index in [1.54, 1.807) is 4.68 Å². The number of hydrogen-bond donors (Lipinski definition) is 0. The van der Waals surface area contributed by atoms with Gasteiger partial charge in [0.05, 0.1) is 5.69 Å². The largest absolute Gasteiger partial charge is 0.389 e. The van der Waals surface area contributed by atoms with Gasteiger partial charge >= 0.3 is 6.18 Å². The van der Waals surface area contributed by atoms with Crippen molar-refractivity contribution in [2.24, 2.45) is 13.0 Å². The van der Waals surface area contributed by atoms with Gasteiger partial charge in [-0.05, 0) is 12.0 Å². The number of hydrogen-bond acceptors (Lipinski definition) is 4. The van der Waals surface area contributed by atoms with Crippen molar-refractivity contribution in [3.63, 3.8) is 0 Å². The molecule has 21 heavy (non-hydrogen) atoms. The van der Waals surface area contributed by atoms with E-state index >= 15 is 0 Å². The van der Waals surface area contributed by atoms with Crippen LogP contribution >= 0.6 is 11.3 Å². The van der Waals surface area contributed by atoms with Crippen molar-refractivity contribution >= 4 is 11.3 Å². The maximum absolute atomic E-state index is 12.2. The highest BCUT2D eigenvalue weighted by Crippen LogP contribution is 2.31. The van der Waals surface area contributed by atoms with Gasteiger partial charge in [0.15, 0.2) is 0 Å². The summed E-state index contributed by atoms with van der Waals surface area (Å²) < 4.78 is 38.4. The Morgan fingerprint density at radius 2 is 2.14 bits per heavy atom. The fraction of sp³-hybridized carbons (Fsp3) is 0.538. The van der Waals surface area contributed by atoms with Crippen LogP contribution in [0.25, 0.3) is 10.7 Å². The molecule has 1 aliphatic heterocycles. The van der Waals surface area contributed by atoms with Crippen LogP contribution in [0.1, 0.15) is 12.1 Å². The molecule has 1 fully saturated rings. The van der Waals surface area contributed by atoms with E-state index in [4.69, 9.17) is 0 Å². The summed E-state index contributed by atoms with van der Waals surface area (Å²) in [6, 6.07) is 1.89. The summed E-state index contributed by atoms with van der Waals surface area (Å²) >= 11 is 1.51. The molecule has 8 heteroatoms. The van der Waals surface area contributed by atoms with Gasteiger partial charge in [-0.2, -0.15) is 18.3 Å². The SMILES string of the molecule is Cn1ccc(-c2nc(CN3CC(CC(F)(F)F)C3)cs2)n1. The van der Waals surface area contributed by atoms with Gasteiger partial charge in [-0.1, -0.05) is 0 Å². The molecule has 114 valence electrons. The molecule has 0 amide bonds. The molecule has 0 unspecified atom stereocenters. The summed E-state index contributed by atoms with van der Waals surface area (Å²) in [5.41, 5.74) is 1.72. The predicted molar refractivity (Wildman–Crippen MR) is 73.8 cm³/mol. The average molecular weight is 316 g/mol. The topological polar surface area (TPSA) is 34.0 Å². The maximum atomic E-state index is 12.2. The Hall–Kier alpha value is -1.41. The third-order valence-electron chi connectivity index (χ3n) is 3.42. The standard InChI is InChI=1S/C13H15F3N4S/c1-19-3-2-11(18-19)12-17-10(8-21-12)7-20-5-9(6-20)4-13(14,15)16/h2-3,8-9H,4-7H2,1H3. The first-order valence-corrected chi connectivity index (χ1v) is 7.50. The number of alkyl halides is 3. The molecule has 0 spiro atoms. The highest BCUT2D eigenvalue weighted by molar-refractivity contribution is 7.13. The Morgan fingerprint density at radius 3 is 2.76 bits per heavy atom. The van der Waals surface area contributed by atoms with Crippen LogP contribution in [0, 0.1) is 5.92 Å². The molecule has 0 bridgehead atoms. The number of halogens is 3. The molecule has 3 heterocycles. The van der Waals surface area contributed by atoms with E-state index in [-0.39, 0.29) is 5.92 Å². The van der Waals surface area contributed by atoms with Gasteiger partial charge in [0.2, 0.25) is 0 Å². The van der Waals surface area contributed by atoms with Gasteiger partial charge in [0.25, 0.3) is 0 Å². The summed E-state index contributed by atoms with van der Waals surface area (Å²) in [7, 11) is 1.85. The second-order valence-electron chi connectivity index (χ2n) is 5.40. The van der Waals surface area contributed by atoms with E-state index in [0.717, 1.165) is 16.4 Å². The molecule has 0 saturated carbocycles. The van der Waals surface area contributed by atoms with Crippen LogP contribution in [0.2, 0.25) is 0 Å². The van der Waals surface area contributed by atoms with Crippen LogP contribution in [0.4, 0.5) is 13.2 Å². The van der Waals surface area contributed by atoms with Crippen molar-refractivity contribution in [1.82, 2.24) is 19.7 Å². The van der Waals surface area contributed by atoms with Crippen molar-refractivity contribution < 1.29 is 13.2 Å². The minimum absolute atomic E-state index is 0.265. The van der Waals surface area contributed by atoms with E-state index < -0.39 is 12.6 Å². The van der Waals surface area contributed by atoms with Crippen molar-refractivity contribution in [3.05, 3.63) is 23.3 Å². The lowest BCUT2D eigenvalue weighted by atomic mass is 9.96. The fourth-order valence-electron chi connectivity index (χ4n) is 2.52. The van der Waals surface area contributed by atoms with Crippen LogP contribution in [0.15, 0.2) is 17.6 Å². The smallest absolute Gasteiger partial charge is 0.297 e. The maximum Gasteiger partial charge on any atom is 0.389 e. The minimum atomic E-state index is -4.05. The number of rotatable bonds is 4. The van der Waals surface area contributed by atoms with Gasteiger partial charge in [-0.25, -0.2) is 4.98 Å². The first-order valence-electron chi connectivity index (χ1n) is 6.62. The Labute approximate surface area is 124 Å². The molecule has 4 nitrogen and oxygen atoms in total. The number of aryl methyl sites for hydroxylation is 1. The monoisotopic (exact) mass is 316 g/mol. The summed E-state index contributed by atoms with van der Waals surface area (Å²) in [4.78, 5) is 6.49. The van der Waals surface area contributed by atoms with E-state index in [1.165, 1.54) is 11.3 Å². The van der Waals surface area contributed by atoms with Gasteiger partial charge in [0.1, 0.15) is 10.7 Å². The number of thiazole rings is 1. The second kappa shape index (κ2) is 5.42. The van der Waals surface area contributed by atoms with Crippen LogP contribution in [-0.4, -0.2) is 38.9 Å². The average Bonchev–Trinajstić information content (AvgIpc) is 2.93. The van der Waals surface area contributed by atoms with Gasteiger partial charge < -0.3 is 0 Å². The molecule has 1 saturated heterocycles. The Kier molecular flexibility index (Phi) is 3.75. The minimum Gasteiger partial charge on any atom is -0.297 e. The van der Waals surface area contributed by atoms with E-state index in [1.807, 2.05) is 29.6 Å². The van der Waals surface area contributed by atoms with Crippen LogP contribution < -0.4 is 0 Å². The van der Waals surface area contributed by atoms with E-state index in [9.17, 15) is 13.2 Å². The fourth-order valence-corrected chi connectivity index (χ4v) is 3.29. The quantitative estimate of drug-likeness (QED) is 0.870. The zero-order valence-corrected chi connectivity index (χ0v) is 12.3. The normalized spacial score (nSPS) is 17.1. The van der Waals surface area contributed by atoms with E-state index in [0.29, 0.717) is 19.6 Å². The first kappa shape index (κ1) is 14.5. The molecule has 3 rings (SSSR count). The third kappa shape index (κ3) is 3.62. The first-order chi connectivity index (χ1) is 9.89. The summed E-state index contributed by atoms with van der Waals surface area (Å²) in [6.45, 7) is 1.60. The Balaban J connectivity index is 1.53. The predicted octanol–water partition coefficient (Wildman–Crippen LogP) is 2.93. The Morgan fingerprint density at radius 1 is 1.38 bits per heavy atom.